The largest absolute Gasteiger partial charge is 0.381 e. The van der Waals surface area contributed by atoms with Crippen LogP contribution in [-0.4, -0.2) is 29.7 Å². The lowest BCUT2D eigenvalue weighted by Crippen LogP contribution is -2.13. The molecule has 0 amide bonds. The lowest BCUT2D eigenvalue weighted by molar-refractivity contribution is 0.117. The second-order valence-corrected chi connectivity index (χ2v) is 5.59. The Labute approximate surface area is 134 Å². The van der Waals surface area contributed by atoms with Crippen molar-refractivity contribution in [3.05, 3.63) is 40.6 Å². The molecular weight excluding hydrogens is 330 g/mol. The summed E-state index contributed by atoms with van der Waals surface area (Å²) in [7, 11) is 1.70. The minimum absolute atomic E-state index is 0.0873. The summed E-state index contributed by atoms with van der Waals surface area (Å²) in [6.45, 7) is 4.87. The van der Waals surface area contributed by atoms with Crippen LogP contribution in [-0.2, 0) is 11.2 Å². The minimum atomic E-state index is 0.0873. The van der Waals surface area contributed by atoms with Gasteiger partial charge in [0, 0.05) is 25.6 Å². The molecule has 4 nitrogen and oxygen atoms in total. The Morgan fingerprint density at radius 3 is 2.57 bits per heavy atom. The van der Waals surface area contributed by atoms with E-state index in [4.69, 9.17) is 9.72 Å². The van der Waals surface area contributed by atoms with Gasteiger partial charge in [0.2, 0.25) is 0 Å². The van der Waals surface area contributed by atoms with E-state index in [1.54, 1.807) is 7.11 Å². The fourth-order valence-corrected chi connectivity index (χ4v) is 2.54. The van der Waals surface area contributed by atoms with Crippen LogP contribution in [0.5, 0.6) is 0 Å². The molecule has 0 spiro atoms. The van der Waals surface area contributed by atoms with E-state index < -0.39 is 0 Å². The Hall–Kier alpha value is -1.46. The van der Waals surface area contributed by atoms with E-state index in [0.29, 0.717) is 6.42 Å². The van der Waals surface area contributed by atoms with Crippen molar-refractivity contribution >= 4 is 21.7 Å². The minimum Gasteiger partial charge on any atom is -0.381 e. The average Bonchev–Trinajstić information content (AvgIpc) is 2.51. The van der Waals surface area contributed by atoms with Crippen molar-refractivity contribution in [2.75, 3.05) is 19.0 Å². The van der Waals surface area contributed by atoms with Crippen LogP contribution in [0, 0.1) is 0 Å². The predicted molar refractivity (Wildman–Crippen MR) is 89.5 cm³/mol. The average molecular weight is 350 g/mol. The molecule has 0 saturated carbocycles. The van der Waals surface area contributed by atoms with Crippen LogP contribution in [0.4, 0.5) is 5.82 Å². The number of benzene rings is 1. The van der Waals surface area contributed by atoms with Crippen LogP contribution in [0.2, 0.25) is 0 Å². The maximum absolute atomic E-state index is 5.32. The van der Waals surface area contributed by atoms with Crippen molar-refractivity contribution in [3.63, 3.8) is 0 Å². The van der Waals surface area contributed by atoms with E-state index in [1.165, 1.54) is 0 Å². The summed E-state index contributed by atoms with van der Waals surface area (Å²) in [5.74, 6) is 1.60. The van der Waals surface area contributed by atoms with E-state index >= 15 is 0 Å². The summed E-state index contributed by atoms with van der Waals surface area (Å²) >= 11 is 3.62. The summed E-state index contributed by atoms with van der Waals surface area (Å²) in [6.07, 6.45) is 0.770. The molecule has 1 unspecified atom stereocenters. The summed E-state index contributed by atoms with van der Waals surface area (Å²) in [5.41, 5.74) is 1.97. The van der Waals surface area contributed by atoms with Crippen LogP contribution >= 0.6 is 15.9 Å². The highest BCUT2D eigenvalue weighted by molar-refractivity contribution is 9.10. The first-order chi connectivity index (χ1) is 10.2. The first-order valence-corrected chi connectivity index (χ1v) is 7.83. The van der Waals surface area contributed by atoms with E-state index in [9.17, 15) is 0 Å². The fraction of sp³-hybridized carbons (Fsp3) is 0.375. The zero-order valence-corrected chi connectivity index (χ0v) is 14.1. The Morgan fingerprint density at radius 2 is 1.95 bits per heavy atom. The molecule has 21 heavy (non-hydrogen) atoms. The maximum atomic E-state index is 5.32. The first kappa shape index (κ1) is 15.9. The number of hydrogen-bond acceptors (Lipinski definition) is 4. The van der Waals surface area contributed by atoms with Crippen LogP contribution in [0.15, 0.2) is 34.8 Å². The fourth-order valence-electron chi connectivity index (χ4n) is 2.00. The van der Waals surface area contributed by atoms with Gasteiger partial charge in [-0.05, 0) is 29.8 Å². The number of halogens is 1. The molecular formula is C16H20BrN3O. The summed E-state index contributed by atoms with van der Waals surface area (Å²) in [5, 5.41) is 3.28. The lowest BCUT2D eigenvalue weighted by Gasteiger charge is -2.14. The number of hydrogen-bond donors (Lipinski definition) is 1. The number of ether oxygens (including phenoxy) is 1. The highest BCUT2D eigenvalue weighted by Crippen LogP contribution is 2.31. The number of rotatable bonds is 6. The standard InChI is InChI=1S/C16H20BrN3O/c1-4-18-16-14(17)15(12-8-6-5-7-9-12)19-13(20-16)10-11(2)21-3/h5-9,11H,4,10H2,1-3H3,(H,18,19,20). The molecule has 2 rings (SSSR count). The van der Waals surface area contributed by atoms with Crippen LogP contribution in [0.3, 0.4) is 0 Å². The van der Waals surface area contributed by atoms with Gasteiger partial charge in [-0.1, -0.05) is 30.3 Å². The smallest absolute Gasteiger partial charge is 0.144 e. The normalized spacial score (nSPS) is 12.2. The molecule has 1 atom stereocenters. The second-order valence-electron chi connectivity index (χ2n) is 4.80. The quantitative estimate of drug-likeness (QED) is 0.858. The van der Waals surface area contributed by atoms with E-state index in [1.807, 2.05) is 44.2 Å². The van der Waals surface area contributed by atoms with Crippen molar-refractivity contribution in [2.45, 2.75) is 26.4 Å². The molecule has 0 aliphatic rings. The number of nitrogens with one attached hydrogen (secondary N) is 1. The molecule has 1 heterocycles. The first-order valence-electron chi connectivity index (χ1n) is 7.04. The van der Waals surface area contributed by atoms with Crippen LogP contribution in [0.25, 0.3) is 11.3 Å². The highest BCUT2D eigenvalue weighted by Gasteiger charge is 2.15. The lowest BCUT2D eigenvalue weighted by atomic mass is 10.1. The molecule has 1 aromatic heterocycles. The van der Waals surface area contributed by atoms with Gasteiger partial charge in [-0.3, -0.25) is 0 Å². The molecule has 0 radical (unpaired) electrons. The molecule has 0 saturated heterocycles. The van der Waals surface area contributed by atoms with Gasteiger partial charge in [-0.25, -0.2) is 9.97 Å². The monoisotopic (exact) mass is 349 g/mol. The molecule has 112 valence electrons. The molecule has 0 aliphatic heterocycles. The van der Waals surface area contributed by atoms with E-state index in [0.717, 1.165) is 33.9 Å². The van der Waals surface area contributed by atoms with Crippen molar-refractivity contribution in [2.24, 2.45) is 0 Å². The Bertz CT molecular complexity index is 590. The van der Waals surface area contributed by atoms with Crippen molar-refractivity contribution < 1.29 is 4.74 Å². The summed E-state index contributed by atoms with van der Waals surface area (Å²) in [6, 6.07) is 10.1. The van der Waals surface area contributed by atoms with E-state index in [-0.39, 0.29) is 6.10 Å². The zero-order valence-electron chi connectivity index (χ0n) is 12.6. The third kappa shape index (κ3) is 4.02. The summed E-state index contributed by atoms with van der Waals surface area (Å²) in [4.78, 5) is 9.28. The Balaban J connectivity index is 2.47. The Morgan fingerprint density at radius 1 is 1.24 bits per heavy atom. The van der Waals surface area contributed by atoms with E-state index in [2.05, 4.69) is 26.2 Å². The SMILES string of the molecule is CCNc1nc(CC(C)OC)nc(-c2ccccc2)c1Br. The van der Waals surface area contributed by atoms with Crippen LogP contribution < -0.4 is 5.32 Å². The number of nitrogens with zero attached hydrogens (tertiary/aromatic N) is 2. The van der Waals surface area contributed by atoms with Gasteiger partial charge < -0.3 is 10.1 Å². The Kier molecular flexibility index (Phi) is 5.70. The maximum Gasteiger partial charge on any atom is 0.144 e. The van der Waals surface area contributed by atoms with Gasteiger partial charge in [0.1, 0.15) is 11.6 Å². The van der Waals surface area contributed by atoms with Gasteiger partial charge in [0.15, 0.2) is 0 Å². The third-order valence-electron chi connectivity index (χ3n) is 3.16. The topological polar surface area (TPSA) is 47.0 Å². The number of anilines is 1. The van der Waals surface area contributed by atoms with Crippen molar-refractivity contribution in [3.8, 4) is 11.3 Å². The van der Waals surface area contributed by atoms with Crippen molar-refractivity contribution in [1.82, 2.24) is 9.97 Å². The third-order valence-corrected chi connectivity index (χ3v) is 3.91. The van der Waals surface area contributed by atoms with Gasteiger partial charge in [0.25, 0.3) is 0 Å². The molecule has 0 aliphatic carbocycles. The van der Waals surface area contributed by atoms with Crippen molar-refractivity contribution in [1.29, 1.82) is 0 Å². The number of aromatic nitrogens is 2. The second kappa shape index (κ2) is 7.52. The number of methoxy groups -OCH3 is 1. The van der Waals surface area contributed by atoms with Gasteiger partial charge >= 0.3 is 0 Å². The van der Waals surface area contributed by atoms with Gasteiger partial charge in [-0.15, -0.1) is 0 Å². The van der Waals surface area contributed by atoms with Crippen LogP contribution in [0.1, 0.15) is 19.7 Å². The molecule has 0 bridgehead atoms. The zero-order chi connectivity index (χ0) is 15.2. The highest BCUT2D eigenvalue weighted by atomic mass is 79.9. The van der Waals surface area contributed by atoms with Gasteiger partial charge in [-0.2, -0.15) is 0 Å². The van der Waals surface area contributed by atoms with Gasteiger partial charge in [0.05, 0.1) is 16.3 Å². The molecule has 1 aromatic carbocycles. The predicted octanol–water partition coefficient (Wildman–Crippen LogP) is 3.92. The molecule has 2 aromatic rings. The molecule has 0 fully saturated rings. The summed E-state index contributed by atoms with van der Waals surface area (Å²) < 4.78 is 6.21. The molecule has 5 heteroatoms. The molecule has 1 N–H and O–H groups in total.